The SMILES string of the molecule is CCCCNC(=O)C(C)N(Cc1ccc(OC)cc1)C(=O)CN(c1cccc(Cl)c1Cl)S(C)(=O)=O. The Labute approximate surface area is 217 Å². The monoisotopic (exact) mass is 543 g/mol. The third-order valence-corrected chi connectivity index (χ3v) is 7.32. The average molecular weight is 545 g/mol. The van der Waals surface area contributed by atoms with E-state index in [-0.39, 0.29) is 28.2 Å². The number of nitrogens with zero attached hydrogens (tertiary/aromatic N) is 2. The first kappa shape index (κ1) is 28.7. The van der Waals surface area contributed by atoms with E-state index in [1.807, 2.05) is 6.92 Å². The molecule has 2 aromatic carbocycles. The van der Waals surface area contributed by atoms with Crippen molar-refractivity contribution in [3.63, 3.8) is 0 Å². The number of halogens is 2. The summed E-state index contributed by atoms with van der Waals surface area (Å²) in [6, 6.07) is 10.7. The molecule has 0 aliphatic rings. The number of rotatable bonds is 12. The number of ether oxygens (including phenoxy) is 1. The molecule has 2 rings (SSSR count). The second kappa shape index (κ2) is 13.0. The first-order valence-electron chi connectivity index (χ1n) is 11.1. The summed E-state index contributed by atoms with van der Waals surface area (Å²) in [4.78, 5) is 27.7. The van der Waals surface area contributed by atoms with E-state index in [9.17, 15) is 18.0 Å². The highest BCUT2D eigenvalue weighted by molar-refractivity contribution is 7.92. The van der Waals surface area contributed by atoms with Gasteiger partial charge in [-0.15, -0.1) is 0 Å². The van der Waals surface area contributed by atoms with E-state index in [2.05, 4.69) is 5.32 Å². The molecule has 11 heteroatoms. The Morgan fingerprint density at radius 3 is 2.34 bits per heavy atom. The smallest absolute Gasteiger partial charge is 0.244 e. The molecule has 0 aromatic heterocycles. The van der Waals surface area contributed by atoms with Gasteiger partial charge in [-0.25, -0.2) is 8.42 Å². The van der Waals surface area contributed by atoms with Crippen LogP contribution in [0, 0.1) is 0 Å². The number of hydrogen-bond acceptors (Lipinski definition) is 5. The van der Waals surface area contributed by atoms with Gasteiger partial charge in [0.05, 0.1) is 29.1 Å². The summed E-state index contributed by atoms with van der Waals surface area (Å²) in [5.41, 5.74) is 0.832. The van der Waals surface area contributed by atoms with Gasteiger partial charge in [-0.2, -0.15) is 0 Å². The van der Waals surface area contributed by atoms with Gasteiger partial charge in [-0.1, -0.05) is 54.7 Å². The van der Waals surface area contributed by atoms with Crippen molar-refractivity contribution in [3.8, 4) is 5.75 Å². The van der Waals surface area contributed by atoms with Gasteiger partial charge in [0, 0.05) is 13.1 Å². The zero-order valence-corrected chi connectivity index (χ0v) is 22.6. The highest BCUT2D eigenvalue weighted by Crippen LogP contribution is 2.33. The van der Waals surface area contributed by atoms with Crippen LogP contribution in [0.2, 0.25) is 10.0 Å². The predicted octanol–water partition coefficient (Wildman–Crippen LogP) is 4.10. The molecule has 0 saturated heterocycles. The number of unbranched alkanes of at least 4 members (excludes halogenated alkanes) is 1. The fourth-order valence-corrected chi connectivity index (χ4v) is 4.63. The van der Waals surface area contributed by atoms with Crippen molar-refractivity contribution in [2.75, 3.05) is 30.8 Å². The number of carbonyl (C=O) groups is 2. The Hall–Kier alpha value is -2.49. The summed E-state index contributed by atoms with van der Waals surface area (Å²) in [5.74, 6) is -0.247. The molecule has 0 fully saturated rings. The summed E-state index contributed by atoms with van der Waals surface area (Å²) < 4.78 is 31.3. The Kier molecular flexibility index (Phi) is 10.7. The topological polar surface area (TPSA) is 96.0 Å². The fourth-order valence-electron chi connectivity index (χ4n) is 3.33. The molecule has 0 aliphatic carbocycles. The van der Waals surface area contributed by atoms with Crippen LogP contribution >= 0.6 is 23.2 Å². The van der Waals surface area contributed by atoms with Crippen molar-refractivity contribution < 1.29 is 22.7 Å². The Morgan fingerprint density at radius 1 is 1.11 bits per heavy atom. The average Bonchev–Trinajstić information content (AvgIpc) is 2.82. The van der Waals surface area contributed by atoms with Crippen molar-refractivity contribution in [2.24, 2.45) is 0 Å². The summed E-state index contributed by atoms with van der Waals surface area (Å²) in [7, 11) is -2.36. The lowest BCUT2D eigenvalue weighted by Crippen LogP contribution is -2.51. The van der Waals surface area contributed by atoms with Gasteiger partial charge in [0.25, 0.3) is 0 Å². The van der Waals surface area contributed by atoms with Crippen LogP contribution < -0.4 is 14.4 Å². The van der Waals surface area contributed by atoms with Gasteiger partial charge >= 0.3 is 0 Å². The molecule has 2 amide bonds. The van der Waals surface area contributed by atoms with Crippen molar-refractivity contribution in [3.05, 3.63) is 58.1 Å². The largest absolute Gasteiger partial charge is 0.497 e. The van der Waals surface area contributed by atoms with Crippen LogP contribution in [0.3, 0.4) is 0 Å². The molecule has 8 nitrogen and oxygen atoms in total. The molecule has 0 heterocycles. The Morgan fingerprint density at radius 2 is 1.77 bits per heavy atom. The molecule has 0 saturated carbocycles. The maximum Gasteiger partial charge on any atom is 0.244 e. The first-order valence-corrected chi connectivity index (χ1v) is 13.7. The molecule has 1 unspecified atom stereocenters. The van der Waals surface area contributed by atoms with Crippen molar-refractivity contribution >= 4 is 50.7 Å². The molecule has 35 heavy (non-hydrogen) atoms. The summed E-state index contributed by atoms with van der Waals surface area (Å²) in [5, 5.41) is 3.00. The van der Waals surface area contributed by atoms with Gasteiger partial charge in [0.1, 0.15) is 18.3 Å². The third-order valence-electron chi connectivity index (χ3n) is 5.39. The number of methoxy groups -OCH3 is 1. The van der Waals surface area contributed by atoms with Gasteiger partial charge in [-0.3, -0.25) is 13.9 Å². The predicted molar refractivity (Wildman–Crippen MR) is 140 cm³/mol. The lowest BCUT2D eigenvalue weighted by molar-refractivity contribution is -0.139. The van der Waals surface area contributed by atoms with Gasteiger partial charge < -0.3 is 15.0 Å². The quantitative estimate of drug-likeness (QED) is 0.406. The number of carbonyl (C=O) groups excluding carboxylic acids is 2. The first-order chi connectivity index (χ1) is 16.5. The minimum atomic E-state index is -3.91. The highest BCUT2D eigenvalue weighted by atomic mass is 35.5. The lowest BCUT2D eigenvalue weighted by atomic mass is 10.1. The molecule has 2 aromatic rings. The molecule has 1 N–H and O–H groups in total. The number of hydrogen-bond donors (Lipinski definition) is 1. The molecule has 0 aliphatic heterocycles. The summed E-state index contributed by atoms with van der Waals surface area (Å²) in [6.07, 6.45) is 2.69. The maximum atomic E-state index is 13.5. The second-order valence-corrected chi connectivity index (χ2v) is 10.7. The van der Waals surface area contributed by atoms with Crippen LogP contribution in [0.15, 0.2) is 42.5 Å². The van der Waals surface area contributed by atoms with Crippen molar-refractivity contribution in [1.82, 2.24) is 10.2 Å². The number of amides is 2. The van der Waals surface area contributed by atoms with Gasteiger partial charge in [0.15, 0.2) is 0 Å². The Bertz CT molecular complexity index is 1130. The van der Waals surface area contributed by atoms with E-state index in [4.69, 9.17) is 27.9 Å². The number of benzene rings is 2. The normalized spacial score (nSPS) is 12.1. The van der Waals surface area contributed by atoms with Crippen LogP contribution in [-0.2, 0) is 26.2 Å². The van der Waals surface area contributed by atoms with E-state index >= 15 is 0 Å². The van der Waals surface area contributed by atoms with E-state index in [1.54, 1.807) is 44.4 Å². The minimum absolute atomic E-state index is 0.0134. The molecule has 0 radical (unpaired) electrons. The third kappa shape index (κ3) is 8.02. The fraction of sp³-hybridized carbons (Fsp3) is 0.417. The Balaban J connectivity index is 2.38. The summed E-state index contributed by atoms with van der Waals surface area (Å²) >= 11 is 12.3. The number of sulfonamides is 1. The van der Waals surface area contributed by atoms with Crippen LogP contribution in [0.25, 0.3) is 0 Å². The van der Waals surface area contributed by atoms with Crippen LogP contribution in [-0.4, -0.2) is 57.6 Å². The molecular formula is C24H31Cl2N3O5S. The van der Waals surface area contributed by atoms with Gasteiger partial charge in [0.2, 0.25) is 21.8 Å². The van der Waals surface area contributed by atoms with E-state index in [1.165, 1.54) is 17.0 Å². The van der Waals surface area contributed by atoms with Crippen LogP contribution in [0.4, 0.5) is 5.69 Å². The molecule has 1 atom stereocenters. The van der Waals surface area contributed by atoms with E-state index in [0.29, 0.717) is 12.3 Å². The highest BCUT2D eigenvalue weighted by Gasteiger charge is 2.31. The molecule has 0 bridgehead atoms. The standard InChI is InChI=1S/C24H31Cl2N3O5S/c1-5-6-14-27-24(31)17(2)28(15-18-10-12-19(34-3)13-11-18)22(30)16-29(35(4,32)33)21-9-7-8-20(25)23(21)26/h7-13,17H,5-6,14-16H2,1-4H3,(H,27,31). The van der Waals surface area contributed by atoms with Crippen molar-refractivity contribution in [1.29, 1.82) is 0 Å². The minimum Gasteiger partial charge on any atom is -0.497 e. The van der Waals surface area contributed by atoms with Crippen LogP contribution in [0.1, 0.15) is 32.3 Å². The number of anilines is 1. The summed E-state index contributed by atoms with van der Waals surface area (Å²) in [6.45, 7) is 3.64. The van der Waals surface area contributed by atoms with Gasteiger partial charge in [-0.05, 0) is 43.2 Å². The molecule has 192 valence electrons. The molecule has 0 spiro atoms. The maximum absolute atomic E-state index is 13.5. The zero-order valence-electron chi connectivity index (χ0n) is 20.3. The number of nitrogens with one attached hydrogen (secondary N) is 1. The zero-order chi connectivity index (χ0) is 26.2. The molecular weight excluding hydrogens is 513 g/mol. The van der Waals surface area contributed by atoms with Crippen molar-refractivity contribution in [2.45, 2.75) is 39.3 Å². The second-order valence-electron chi connectivity index (χ2n) is 8.03. The van der Waals surface area contributed by atoms with Crippen LogP contribution in [0.5, 0.6) is 5.75 Å². The lowest BCUT2D eigenvalue weighted by Gasteiger charge is -2.31. The van der Waals surface area contributed by atoms with E-state index < -0.39 is 28.5 Å². The van der Waals surface area contributed by atoms with E-state index in [0.717, 1.165) is 29.0 Å².